The molecule has 3 aromatic rings. The van der Waals surface area contributed by atoms with Crippen molar-refractivity contribution in [3.05, 3.63) is 42.1 Å². The molecule has 1 aromatic carbocycles. The highest BCUT2D eigenvalue weighted by molar-refractivity contribution is 5.83. The molecule has 0 aliphatic carbocycles. The fourth-order valence-electron chi connectivity index (χ4n) is 2.30. The number of benzene rings is 1. The van der Waals surface area contributed by atoms with Crippen LogP contribution in [0.4, 0.5) is 22.0 Å². The van der Waals surface area contributed by atoms with Crippen molar-refractivity contribution in [2.75, 3.05) is 0 Å². The van der Waals surface area contributed by atoms with Gasteiger partial charge in [0.2, 0.25) is 0 Å². The molecule has 0 saturated carbocycles. The number of rotatable bonds is 3. The van der Waals surface area contributed by atoms with E-state index in [0.29, 0.717) is 5.56 Å². The summed E-state index contributed by atoms with van der Waals surface area (Å²) in [5.41, 5.74) is -0.386. The third-order valence-corrected chi connectivity index (χ3v) is 3.39. The lowest BCUT2D eigenvalue weighted by Crippen LogP contribution is -2.07. The Morgan fingerprint density at radius 1 is 1.12 bits per heavy atom. The molecule has 126 valence electrons. The average molecular weight is 343 g/mol. The molecule has 0 aliphatic rings. The molecule has 9 heteroatoms. The maximum absolute atomic E-state index is 13.3. The number of hydrogen-bond donors (Lipinski definition) is 0. The van der Waals surface area contributed by atoms with E-state index in [4.69, 9.17) is 0 Å². The third kappa shape index (κ3) is 3.01. The largest absolute Gasteiger partial charge is 0.435 e. The number of alkyl halides is 5. The zero-order valence-corrected chi connectivity index (χ0v) is 12.2. The van der Waals surface area contributed by atoms with E-state index in [0.717, 1.165) is 12.3 Å². The van der Waals surface area contributed by atoms with Gasteiger partial charge in [-0.3, -0.25) is 4.68 Å². The number of aromatic nitrogens is 3. The Morgan fingerprint density at radius 3 is 2.38 bits per heavy atom. The maximum Gasteiger partial charge on any atom is 0.417 e. The van der Waals surface area contributed by atoms with Crippen molar-refractivity contribution >= 4 is 11.0 Å². The summed E-state index contributed by atoms with van der Waals surface area (Å²) < 4.78 is 69.5. The van der Waals surface area contributed by atoms with Gasteiger partial charge in [-0.2, -0.15) is 27.1 Å². The fraction of sp³-hybridized carbons (Fsp3) is 0.200. The number of hydrogen-bond acceptors (Lipinski definition) is 3. The first-order chi connectivity index (χ1) is 11.3. The van der Waals surface area contributed by atoms with Crippen LogP contribution in [-0.4, -0.2) is 21.4 Å². The Hall–Kier alpha value is -2.71. The van der Waals surface area contributed by atoms with Crippen molar-refractivity contribution < 1.29 is 26.7 Å². The molecule has 0 atom stereocenters. The van der Waals surface area contributed by atoms with Crippen LogP contribution in [0, 0.1) is 0 Å². The van der Waals surface area contributed by atoms with Crippen LogP contribution in [0.1, 0.15) is 5.56 Å². The van der Waals surface area contributed by atoms with Gasteiger partial charge in [-0.25, -0.2) is 4.98 Å². The lowest BCUT2D eigenvalue weighted by molar-refractivity contribution is -0.136. The van der Waals surface area contributed by atoms with Crippen molar-refractivity contribution in [3.8, 4) is 17.0 Å². The standard InChI is InChI=1S/C15H10F5N3O/c1-23-13-10(7-21-23)11(15(18,19)20)6-12(22-13)8-2-4-9(5-3-8)24-14(16)17/h2-7,14H,1H3. The van der Waals surface area contributed by atoms with E-state index in [1.165, 1.54) is 36.0 Å². The maximum atomic E-state index is 13.3. The van der Waals surface area contributed by atoms with Gasteiger partial charge >= 0.3 is 12.8 Å². The zero-order chi connectivity index (χ0) is 17.5. The van der Waals surface area contributed by atoms with Crippen molar-refractivity contribution in [1.29, 1.82) is 0 Å². The number of aryl methyl sites for hydroxylation is 1. The van der Waals surface area contributed by atoms with E-state index in [2.05, 4.69) is 14.8 Å². The van der Waals surface area contributed by atoms with Crippen LogP contribution in [0.25, 0.3) is 22.3 Å². The summed E-state index contributed by atoms with van der Waals surface area (Å²) in [6.07, 6.45) is -3.47. The molecule has 0 amide bonds. The van der Waals surface area contributed by atoms with E-state index in [1.54, 1.807) is 0 Å². The lowest BCUT2D eigenvalue weighted by Gasteiger charge is -2.11. The van der Waals surface area contributed by atoms with Gasteiger partial charge in [0, 0.05) is 12.6 Å². The molecular formula is C15H10F5N3O. The molecule has 3 rings (SSSR count). The summed E-state index contributed by atoms with van der Waals surface area (Å²) in [4.78, 5) is 4.18. The minimum absolute atomic E-state index is 0.0574. The second-order valence-electron chi connectivity index (χ2n) is 4.96. The number of nitrogens with zero attached hydrogens (tertiary/aromatic N) is 3. The van der Waals surface area contributed by atoms with Gasteiger partial charge in [-0.1, -0.05) is 0 Å². The molecular weight excluding hydrogens is 333 g/mol. The summed E-state index contributed by atoms with van der Waals surface area (Å²) in [6, 6.07) is 6.12. The monoisotopic (exact) mass is 343 g/mol. The van der Waals surface area contributed by atoms with Crippen LogP contribution in [0.5, 0.6) is 5.75 Å². The van der Waals surface area contributed by atoms with Gasteiger partial charge in [0.25, 0.3) is 0 Å². The van der Waals surface area contributed by atoms with Gasteiger partial charge in [0.15, 0.2) is 5.65 Å². The second-order valence-corrected chi connectivity index (χ2v) is 4.96. The quantitative estimate of drug-likeness (QED) is 0.667. The Balaban J connectivity index is 2.11. The van der Waals surface area contributed by atoms with Crippen LogP contribution < -0.4 is 4.74 Å². The summed E-state index contributed by atoms with van der Waals surface area (Å²) in [5.74, 6) is -0.0913. The highest BCUT2D eigenvalue weighted by Crippen LogP contribution is 2.36. The Labute approximate surface area is 132 Å². The van der Waals surface area contributed by atoms with Crippen molar-refractivity contribution in [1.82, 2.24) is 14.8 Å². The summed E-state index contributed by atoms with van der Waals surface area (Å²) in [6.45, 7) is -2.98. The second kappa shape index (κ2) is 5.73. The number of halogens is 5. The van der Waals surface area contributed by atoms with E-state index in [1.807, 2.05) is 0 Å². The number of pyridine rings is 1. The molecule has 0 aliphatic heterocycles. The minimum atomic E-state index is -4.57. The normalized spacial score (nSPS) is 12.1. The molecule has 0 spiro atoms. The highest BCUT2D eigenvalue weighted by Gasteiger charge is 2.34. The van der Waals surface area contributed by atoms with Crippen LogP contribution in [-0.2, 0) is 13.2 Å². The van der Waals surface area contributed by atoms with Gasteiger partial charge < -0.3 is 4.74 Å². The summed E-state index contributed by atoms with van der Waals surface area (Å²) >= 11 is 0. The topological polar surface area (TPSA) is 39.9 Å². The molecule has 2 aromatic heterocycles. The molecule has 0 saturated heterocycles. The predicted octanol–water partition coefficient (Wildman–Crippen LogP) is 4.26. The van der Waals surface area contributed by atoms with Gasteiger partial charge in [0.05, 0.1) is 22.8 Å². The first kappa shape index (κ1) is 16.2. The van der Waals surface area contributed by atoms with Crippen LogP contribution in [0.2, 0.25) is 0 Å². The van der Waals surface area contributed by atoms with Crippen molar-refractivity contribution in [2.45, 2.75) is 12.8 Å². The number of fused-ring (bicyclic) bond motifs is 1. The third-order valence-electron chi connectivity index (χ3n) is 3.39. The summed E-state index contributed by atoms with van der Waals surface area (Å²) in [5, 5.41) is 3.70. The average Bonchev–Trinajstić information content (AvgIpc) is 2.87. The summed E-state index contributed by atoms with van der Waals surface area (Å²) in [7, 11) is 1.48. The van der Waals surface area contributed by atoms with Crippen LogP contribution in [0.3, 0.4) is 0 Å². The highest BCUT2D eigenvalue weighted by atomic mass is 19.4. The Kier molecular flexibility index (Phi) is 3.86. The molecule has 0 N–H and O–H groups in total. The van der Waals surface area contributed by atoms with Gasteiger partial charge in [-0.15, -0.1) is 0 Å². The predicted molar refractivity (Wildman–Crippen MR) is 75.6 cm³/mol. The van der Waals surface area contributed by atoms with Crippen molar-refractivity contribution in [3.63, 3.8) is 0 Å². The SMILES string of the molecule is Cn1ncc2c(C(F)(F)F)cc(-c3ccc(OC(F)F)cc3)nc21. The van der Waals surface area contributed by atoms with Crippen LogP contribution >= 0.6 is 0 Å². The fourth-order valence-corrected chi connectivity index (χ4v) is 2.30. The molecule has 0 fully saturated rings. The van der Waals surface area contributed by atoms with E-state index in [9.17, 15) is 22.0 Å². The van der Waals surface area contributed by atoms with Gasteiger partial charge in [0.1, 0.15) is 5.75 Å². The van der Waals surface area contributed by atoms with E-state index in [-0.39, 0.29) is 22.5 Å². The van der Waals surface area contributed by atoms with Crippen LogP contribution in [0.15, 0.2) is 36.5 Å². The number of ether oxygens (including phenoxy) is 1. The smallest absolute Gasteiger partial charge is 0.417 e. The lowest BCUT2D eigenvalue weighted by atomic mass is 10.1. The molecule has 0 unspecified atom stereocenters. The van der Waals surface area contributed by atoms with E-state index >= 15 is 0 Å². The molecule has 0 bridgehead atoms. The molecule has 4 nitrogen and oxygen atoms in total. The zero-order valence-electron chi connectivity index (χ0n) is 12.2. The molecule has 0 radical (unpaired) electrons. The molecule has 2 heterocycles. The van der Waals surface area contributed by atoms with Gasteiger partial charge in [-0.05, 0) is 30.3 Å². The Bertz CT molecular complexity index is 871. The van der Waals surface area contributed by atoms with Crippen molar-refractivity contribution in [2.24, 2.45) is 7.05 Å². The van der Waals surface area contributed by atoms with E-state index < -0.39 is 18.4 Å². The first-order valence-electron chi connectivity index (χ1n) is 6.71. The minimum Gasteiger partial charge on any atom is -0.435 e. The first-order valence-corrected chi connectivity index (χ1v) is 6.71. The molecule has 24 heavy (non-hydrogen) atoms. The Morgan fingerprint density at radius 2 is 1.79 bits per heavy atom.